The maximum Gasteiger partial charge on any atom is 0.333 e. The third kappa shape index (κ3) is 7.94. The lowest BCUT2D eigenvalue weighted by Gasteiger charge is -2.50. The number of ether oxygens (including phenoxy) is 1. The highest BCUT2D eigenvalue weighted by molar-refractivity contribution is 6.71. The highest BCUT2D eigenvalue weighted by atomic mass is 28.4. The van der Waals surface area contributed by atoms with Crippen LogP contribution in [0.5, 0.6) is 0 Å². The van der Waals surface area contributed by atoms with Crippen LogP contribution < -0.4 is 0 Å². The summed E-state index contributed by atoms with van der Waals surface area (Å²) in [5.74, 6) is -0.903. The van der Waals surface area contributed by atoms with Gasteiger partial charge in [-0.05, 0) is 71.5 Å². The maximum atomic E-state index is 11.8. The third-order valence-electron chi connectivity index (χ3n) is 4.54. The van der Waals surface area contributed by atoms with Crippen LogP contribution in [0.3, 0.4) is 0 Å². The average Bonchev–Trinajstić information content (AvgIpc) is 2.45. The predicted octanol–water partition coefficient (Wildman–Crippen LogP) is 3.67. The highest BCUT2D eigenvalue weighted by Crippen LogP contribution is 2.43. The normalized spacial score (nSPS) is 25.0. The smallest absolute Gasteiger partial charge is 0.333 e. The fourth-order valence-corrected chi connectivity index (χ4v) is 8.27. The van der Waals surface area contributed by atoms with Crippen molar-refractivity contribution in [3.05, 3.63) is 12.2 Å². The lowest BCUT2D eigenvalue weighted by Crippen LogP contribution is -2.57. The van der Waals surface area contributed by atoms with Crippen molar-refractivity contribution in [3.63, 3.8) is 0 Å². The molecule has 0 saturated heterocycles. The van der Waals surface area contributed by atoms with Crippen LogP contribution in [0.2, 0.25) is 51.9 Å². The molecule has 1 saturated carbocycles. The Bertz CT molecular complexity index is 508. The lowest BCUT2D eigenvalue weighted by atomic mass is 9.80. The largest absolute Gasteiger partial charge is 0.456 e. The molecule has 1 aliphatic rings. The van der Waals surface area contributed by atoms with Gasteiger partial charge in [-0.1, -0.05) is 13.1 Å². The molecule has 1 fully saturated rings. The standard InChI is InChI=1S/C19H40O5Si3/c1-14(2)18(21)22-17-11-10-15(12-16(17)20)19(13-25-3,23-26(4,5)6)24-27(7,8)9/h15-17,20H,1,10-13,25H2,2-9H3. The van der Waals surface area contributed by atoms with Crippen molar-refractivity contribution < 1.29 is 23.5 Å². The van der Waals surface area contributed by atoms with Crippen LogP contribution in [-0.2, 0) is 18.4 Å². The van der Waals surface area contributed by atoms with E-state index in [1.807, 2.05) is 0 Å². The van der Waals surface area contributed by atoms with E-state index in [9.17, 15) is 9.90 Å². The van der Waals surface area contributed by atoms with Gasteiger partial charge >= 0.3 is 5.97 Å². The summed E-state index contributed by atoms with van der Waals surface area (Å²) in [5.41, 5.74) is 0.361. The van der Waals surface area contributed by atoms with Gasteiger partial charge in [-0.15, -0.1) is 0 Å². The fraction of sp³-hybridized carbons (Fsp3) is 0.842. The van der Waals surface area contributed by atoms with Crippen molar-refractivity contribution in [1.29, 1.82) is 0 Å². The van der Waals surface area contributed by atoms with Crippen molar-refractivity contribution >= 4 is 32.1 Å². The van der Waals surface area contributed by atoms with Gasteiger partial charge in [-0.25, -0.2) is 4.79 Å². The summed E-state index contributed by atoms with van der Waals surface area (Å²) in [6, 6.07) is 0.954. The molecule has 0 bridgehead atoms. The van der Waals surface area contributed by atoms with Crippen LogP contribution in [-0.4, -0.2) is 55.2 Å². The van der Waals surface area contributed by atoms with Gasteiger partial charge in [0, 0.05) is 21.0 Å². The molecule has 3 atom stereocenters. The Hall–Kier alpha value is -0.259. The second-order valence-electron chi connectivity index (χ2n) is 9.79. The van der Waals surface area contributed by atoms with E-state index in [2.05, 4.69) is 52.4 Å². The summed E-state index contributed by atoms with van der Waals surface area (Å²) >= 11 is 0. The first-order valence-electron chi connectivity index (χ1n) is 10.1. The van der Waals surface area contributed by atoms with Crippen molar-refractivity contribution in [2.75, 3.05) is 0 Å². The average molecular weight is 433 g/mol. The molecule has 27 heavy (non-hydrogen) atoms. The summed E-state index contributed by atoms with van der Waals surface area (Å²) in [7, 11) is -4.02. The molecular formula is C19H40O5Si3. The Labute approximate surface area is 169 Å². The summed E-state index contributed by atoms with van der Waals surface area (Å²) in [5, 5.41) is 10.7. The van der Waals surface area contributed by atoms with Crippen LogP contribution >= 0.6 is 0 Å². The number of rotatable bonds is 9. The maximum absolute atomic E-state index is 11.8. The third-order valence-corrected chi connectivity index (χ3v) is 7.65. The second-order valence-corrected chi connectivity index (χ2v) is 20.1. The molecule has 0 radical (unpaired) electrons. The van der Waals surface area contributed by atoms with E-state index in [1.54, 1.807) is 6.92 Å². The molecule has 0 aromatic heterocycles. The molecule has 0 spiro atoms. The van der Waals surface area contributed by atoms with Gasteiger partial charge in [0.05, 0.1) is 6.10 Å². The van der Waals surface area contributed by atoms with E-state index in [0.717, 1.165) is 12.5 Å². The molecular weight excluding hydrogens is 392 g/mol. The van der Waals surface area contributed by atoms with Gasteiger partial charge in [-0.2, -0.15) is 0 Å². The number of aliphatic hydroxyl groups excluding tert-OH is 1. The quantitative estimate of drug-likeness (QED) is 0.261. The Balaban J connectivity index is 3.06. The first-order chi connectivity index (χ1) is 12.2. The van der Waals surface area contributed by atoms with Gasteiger partial charge in [0.1, 0.15) is 11.9 Å². The van der Waals surface area contributed by atoms with Gasteiger partial charge < -0.3 is 18.7 Å². The Morgan fingerprint density at radius 1 is 1.15 bits per heavy atom. The van der Waals surface area contributed by atoms with Crippen LogP contribution in [0.4, 0.5) is 0 Å². The van der Waals surface area contributed by atoms with Crippen molar-refractivity contribution in [2.45, 2.75) is 96.1 Å². The van der Waals surface area contributed by atoms with Crippen LogP contribution in [0.25, 0.3) is 0 Å². The van der Waals surface area contributed by atoms with E-state index >= 15 is 0 Å². The molecule has 1 aliphatic carbocycles. The van der Waals surface area contributed by atoms with Gasteiger partial charge in [0.25, 0.3) is 0 Å². The van der Waals surface area contributed by atoms with Gasteiger partial charge in [-0.3, -0.25) is 0 Å². The van der Waals surface area contributed by atoms with Crippen LogP contribution in [0.15, 0.2) is 12.2 Å². The van der Waals surface area contributed by atoms with Crippen molar-refractivity contribution in [1.82, 2.24) is 0 Å². The van der Waals surface area contributed by atoms with E-state index in [0.29, 0.717) is 18.4 Å². The van der Waals surface area contributed by atoms with E-state index < -0.39 is 40.6 Å². The number of aliphatic hydroxyl groups is 1. The minimum Gasteiger partial charge on any atom is -0.456 e. The molecule has 1 rings (SSSR count). The summed E-state index contributed by atoms with van der Waals surface area (Å²) in [4.78, 5) is 11.8. The molecule has 158 valence electrons. The number of hydrogen-bond acceptors (Lipinski definition) is 5. The van der Waals surface area contributed by atoms with Crippen LogP contribution in [0, 0.1) is 5.92 Å². The first-order valence-corrected chi connectivity index (χ1v) is 19.4. The topological polar surface area (TPSA) is 65.0 Å². The SMILES string of the molecule is C=C(C)C(=O)OC1CCC(C(C[SiH2]C)(O[Si](C)(C)C)O[Si](C)(C)C)CC1O. The molecule has 0 aromatic carbocycles. The summed E-state index contributed by atoms with van der Waals surface area (Å²) in [6.45, 7) is 20.7. The highest BCUT2D eigenvalue weighted by Gasteiger charge is 2.49. The zero-order chi connectivity index (χ0) is 21.0. The van der Waals surface area contributed by atoms with Gasteiger partial charge in [0.15, 0.2) is 16.6 Å². The summed E-state index contributed by atoms with van der Waals surface area (Å²) in [6.07, 6.45) is 0.829. The molecule has 5 nitrogen and oxygen atoms in total. The Morgan fingerprint density at radius 2 is 1.67 bits per heavy atom. The number of carbonyl (C=O) groups excluding carboxylic acids is 1. The first kappa shape index (κ1) is 24.8. The zero-order valence-electron chi connectivity index (χ0n) is 18.6. The Morgan fingerprint density at radius 3 is 2.04 bits per heavy atom. The number of hydrogen-bond donors (Lipinski definition) is 1. The minimum absolute atomic E-state index is 0.123. The number of carbonyl (C=O) groups is 1. The summed E-state index contributed by atoms with van der Waals surface area (Å²) < 4.78 is 18.9. The van der Waals surface area contributed by atoms with Crippen molar-refractivity contribution in [2.24, 2.45) is 5.92 Å². The van der Waals surface area contributed by atoms with E-state index in [4.69, 9.17) is 13.6 Å². The second kappa shape index (κ2) is 9.49. The fourth-order valence-electron chi connectivity index (χ4n) is 3.77. The lowest BCUT2D eigenvalue weighted by molar-refractivity contribution is -0.186. The predicted molar refractivity (Wildman–Crippen MR) is 119 cm³/mol. The molecule has 8 heteroatoms. The molecule has 0 amide bonds. The molecule has 3 unspecified atom stereocenters. The molecule has 0 heterocycles. The monoisotopic (exact) mass is 432 g/mol. The Kier molecular flexibility index (Phi) is 8.71. The van der Waals surface area contributed by atoms with Crippen molar-refractivity contribution in [3.8, 4) is 0 Å². The zero-order valence-corrected chi connectivity index (χ0v) is 22.0. The molecule has 0 aliphatic heterocycles. The molecule has 0 aromatic rings. The van der Waals surface area contributed by atoms with Gasteiger partial charge in [0.2, 0.25) is 0 Å². The van der Waals surface area contributed by atoms with Crippen LogP contribution in [0.1, 0.15) is 26.2 Å². The van der Waals surface area contributed by atoms with E-state index in [-0.39, 0.29) is 15.4 Å². The minimum atomic E-state index is -1.85. The molecule has 1 N–H and O–H groups in total. The number of esters is 1. The van der Waals surface area contributed by atoms with E-state index in [1.165, 1.54) is 0 Å².